The molecule has 4 rings (SSSR count). The number of amides is 2. The Labute approximate surface area is 216 Å². The summed E-state index contributed by atoms with van der Waals surface area (Å²) in [7, 11) is 0. The summed E-state index contributed by atoms with van der Waals surface area (Å²) >= 11 is 0.943. The molecule has 1 saturated heterocycles. The average Bonchev–Trinajstić information content (AvgIpc) is 3.17. The van der Waals surface area contributed by atoms with Crippen LogP contribution in [0.5, 0.6) is 11.5 Å². The fourth-order valence-electron chi connectivity index (χ4n) is 3.89. The molecule has 3 aromatic carbocycles. The van der Waals surface area contributed by atoms with E-state index in [-0.39, 0.29) is 24.3 Å². The molecule has 1 aliphatic rings. The van der Waals surface area contributed by atoms with Crippen LogP contribution in [-0.2, 0) is 11.4 Å². The lowest BCUT2D eigenvalue weighted by Crippen LogP contribution is -2.32. The first kappa shape index (κ1) is 25.4. The lowest BCUT2D eigenvalue weighted by Gasteiger charge is -2.22. The highest BCUT2D eigenvalue weighted by Crippen LogP contribution is 2.35. The molecule has 0 spiro atoms. The lowest BCUT2D eigenvalue weighted by molar-refractivity contribution is -0.123. The minimum absolute atomic E-state index is 0.190. The van der Waals surface area contributed by atoms with Gasteiger partial charge in [-0.3, -0.25) is 14.5 Å². The van der Waals surface area contributed by atoms with Gasteiger partial charge in [-0.2, -0.15) is 0 Å². The zero-order valence-corrected chi connectivity index (χ0v) is 21.4. The van der Waals surface area contributed by atoms with Gasteiger partial charge in [0.05, 0.1) is 11.4 Å². The van der Waals surface area contributed by atoms with Crippen molar-refractivity contribution in [1.29, 1.82) is 0 Å². The van der Waals surface area contributed by atoms with Crippen LogP contribution in [0, 0.1) is 0 Å². The molecule has 7 heteroatoms. The predicted molar refractivity (Wildman–Crippen MR) is 145 cm³/mol. The molecule has 186 valence electrons. The second-order valence-corrected chi connectivity index (χ2v) is 9.16. The Balaban J connectivity index is 1.52. The summed E-state index contributed by atoms with van der Waals surface area (Å²) in [5.74, 6) is 1.06. The van der Waals surface area contributed by atoms with E-state index in [0.29, 0.717) is 23.0 Å². The van der Waals surface area contributed by atoms with Crippen LogP contribution >= 0.6 is 11.8 Å². The lowest BCUT2D eigenvalue weighted by atomic mass is 10.1. The molecule has 1 heterocycles. The summed E-state index contributed by atoms with van der Waals surface area (Å²) in [5.41, 5.74) is 2.86. The Hall–Kier alpha value is -3.71. The number of anilines is 1. The fourth-order valence-corrected chi connectivity index (χ4v) is 4.75. The number of carbonyl (C=O) groups excluding carboxylic acids is 2. The molecular weight excluding hydrogens is 472 g/mol. The van der Waals surface area contributed by atoms with Gasteiger partial charge in [-0.25, -0.2) is 0 Å². The third-order valence-electron chi connectivity index (χ3n) is 5.85. The van der Waals surface area contributed by atoms with Crippen molar-refractivity contribution in [3.8, 4) is 11.5 Å². The summed E-state index contributed by atoms with van der Waals surface area (Å²) in [6.45, 7) is 6.80. The molecule has 6 nitrogen and oxygen atoms in total. The number of benzene rings is 3. The van der Waals surface area contributed by atoms with Crippen molar-refractivity contribution in [3.05, 3.63) is 94.9 Å². The molecule has 0 bridgehead atoms. The quantitative estimate of drug-likeness (QED) is 0.290. The first-order valence-electron chi connectivity index (χ1n) is 12.1. The molecule has 0 aromatic heterocycles. The van der Waals surface area contributed by atoms with Gasteiger partial charge in [0.25, 0.3) is 11.1 Å². The third kappa shape index (κ3) is 6.29. The minimum Gasteiger partial charge on any atom is -0.492 e. The number of hydrogen-bond acceptors (Lipinski definition) is 6. The number of hydrogen-bond donors (Lipinski definition) is 0. The van der Waals surface area contributed by atoms with Gasteiger partial charge in [-0.1, -0.05) is 48.5 Å². The number of imide groups is 1. The summed E-state index contributed by atoms with van der Waals surface area (Å²) in [6, 6.07) is 25.2. The summed E-state index contributed by atoms with van der Waals surface area (Å²) in [6.07, 6.45) is 1.75. The van der Waals surface area contributed by atoms with Crippen LogP contribution < -0.4 is 14.4 Å². The summed E-state index contributed by atoms with van der Waals surface area (Å²) < 4.78 is 11.9. The number of carbonyl (C=O) groups is 2. The Bertz CT molecular complexity index is 1210. The van der Waals surface area contributed by atoms with Crippen molar-refractivity contribution in [3.63, 3.8) is 0 Å². The standard InChI is InChI=1S/C29H30N2O4S/c1-3-30(4-2)24-16-15-23(26(20-24)35-21-22-11-7-5-8-12-22)19-27-28(32)31(29(33)36-27)17-18-34-25-13-9-6-10-14-25/h5-16,19-20H,3-4,17-18,21H2,1-2H3/b27-19-. The smallest absolute Gasteiger partial charge is 0.293 e. The van der Waals surface area contributed by atoms with E-state index in [2.05, 4.69) is 18.7 Å². The SMILES string of the molecule is CCN(CC)c1ccc(/C=C2\SC(=O)N(CCOc3ccccc3)C2=O)c(OCc2ccccc2)c1. The van der Waals surface area contributed by atoms with Gasteiger partial charge in [0.15, 0.2) is 0 Å². The predicted octanol–water partition coefficient (Wildman–Crippen LogP) is 6.23. The maximum Gasteiger partial charge on any atom is 0.293 e. The molecule has 0 saturated carbocycles. The van der Waals surface area contributed by atoms with Crippen LogP contribution in [0.2, 0.25) is 0 Å². The van der Waals surface area contributed by atoms with Gasteiger partial charge >= 0.3 is 0 Å². The molecule has 1 fully saturated rings. The molecule has 0 N–H and O–H groups in total. The second-order valence-electron chi connectivity index (χ2n) is 8.16. The van der Waals surface area contributed by atoms with Crippen molar-refractivity contribution in [1.82, 2.24) is 4.90 Å². The maximum absolute atomic E-state index is 13.0. The van der Waals surface area contributed by atoms with Crippen molar-refractivity contribution in [2.45, 2.75) is 20.5 Å². The van der Waals surface area contributed by atoms with Crippen LogP contribution in [0.15, 0.2) is 83.8 Å². The number of thioether (sulfide) groups is 1. The van der Waals surface area contributed by atoms with E-state index in [1.165, 1.54) is 4.90 Å². The van der Waals surface area contributed by atoms with E-state index >= 15 is 0 Å². The number of para-hydroxylation sites is 1. The first-order chi connectivity index (χ1) is 17.6. The van der Waals surface area contributed by atoms with E-state index in [4.69, 9.17) is 9.47 Å². The Morgan fingerprint density at radius 2 is 1.58 bits per heavy atom. The molecule has 36 heavy (non-hydrogen) atoms. The van der Waals surface area contributed by atoms with Gasteiger partial charge in [0.1, 0.15) is 24.7 Å². The van der Waals surface area contributed by atoms with E-state index in [1.807, 2.05) is 78.9 Å². The van der Waals surface area contributed by atoms with Gasteiger partial charge in [-0.05, 0) is 61.5 Å². The monoisotopic (exact) mass is 502 g/mol. The Morgan fingerprint density at radius 3 is 2.28 bits per heavy atom. The Morgan fingerprint density at radius 1 is 0.889 bits per heavy atom. The van der Waals surface area contributed by atoms with E-state index in [9.17, 15) is 9.59 Å². The highest BCUT2D eigenvalue weighted by molar-refractivity contribution is 8.18. The normalized spacial score (nSPS) is 14.4. The first-order valence-corrected chi connectivity index (χ1v) is 12.9. The van der Waals surface area contributed by atoms with Crippen molar-refractivity contribution in [2.24, 2.45) is 0 Å². The van der Waals surface area contributed by atoms with Gasteiger partial charge in [-0.15, -0.1) is 0 Å². The largest absolute Gasteiger partial charge is 0.492 e. The topological polar surface area (TPSA) is 59.1 Å². The highest BCUT2D eigenvalue weighted by Gasteiger charge is 2.35. The average molecular weight is 503 g/mol. The van der Waals surface area contributed by atoms with Gasteiger partial charge in [0, 0.05) is 30.4 Å². The molecule has 3 aromatic rings. The molecule has 2 amide bonds. The van der Waals surface area contributed by atoms with E-state index in [0.717, 1.165) is 41.7 Å². The summed E-state index contributed by atoms with van der Waals surface area (Å²) in [5, 5.41) is -0.297. The second kappa shape index (κ2) is 12.3. The number of ether oxygens (including phenoxy) is 2. The van der Waals surface area contributed by atoms with Crippen molar-refractivity contribution in [2.75, 3.05) is 31.1 Å². The van der Waals surface area contributed by atoms with Crippen LogP contribution in [0.1, 0.15) is 25.0 Å². The molecule has 0 radical (unpaired) electrons. The summed E-state index contributed by atoms with van der Waals surface area (Å²) in [4.78, 5) is 29.5. The van der Waals surface area contributed by atoms with Crippen molar-refractivity contribution >= 4 is 34.7 Å². The molecule has 0 unspecified atom stereocenters. The number of nitrogens with zero attached hydrogens (tertiary/aromatic N) is 2. The van der Waals surface area contributed by atoms with Gasteiger partial charge in [0.2, 0.25) is 0 Å². The number of rotatable bonds is 11. The minimum atomic E-state index is -0.316. The van der Waals surface area contributed by atoms with Crippen LogP contribution in [-0.4, -0.2) is 42.3 Å². The van der Waals surface area contributed by atoms with Crippen LogP contribution in [0.4, 0.5) is 10.5 Å². The zero-order chi connectivity index (χ0) is 25.3. The fraction of sp³-hybridized carbons (Fsp3) is 0.241. The van der Waals surface area contributed by atoms with Crippen LogP contribution in [0.25, 0.3) is 6.08 Å². The van der Waals surface area contributed by atoms with Crippen molar-refractivity contribution < 1.29 is 19.1 Å². The molecule has 0 aliphatic carbocycles. The van der Waals surface area contributed by atoms with E-state index in [1.54, 1.807) is 6.08 Å². The molecule has 0 atom stereocenters. The van der Waals surface area contributed by atoms with Crippen LogP contribution in [0.3, 0.4) is 0 Å². The third-order valence-corrected chi connectivity index (χ3v) is 6.76. The Kier molecular flexibility index (Phi) is 8.68. The van der Waals surface area contributed by atoms with Gasteiger partial charge < -0.3 is 14.4 Å². The molecule has 1 aliphatic heterocycles. The zero-order valence-electron chi connectivity index (χ0n) is 20.6. The molecular formula is C29H30N2O4S. The maximum atomic E-state index is 13.0. The highest BCUT2D eigenvalue weighted by atomic mass is 32.2. The van der Waals surface area contributed by atoms with E-state index < -0.39 is 0 Å².